The van der Waals surface area contributed by atoms with Crippen molar-refractivity contribution in [2.45, 2.75) is 6.92 Å². The van der Waals surface area contributed by atoms with Crippen LogP contribution in [-0.4, -0.2) is 59.6 Å². The second-order valence-corrected chi connectivity index (χ2v) is 6.92. The average Bonchev–Trinajstić information content (AvgIpc) is 2.78. The second kappa shape index (κ2) is 8.31. The highest BCUT2D eigenvalue weighted by atomic mass is 16.6. The van der Waals surface area contributed by atoms with E-state index >= 15 is 0 Å². The van der Waals surface area contributed by atoms with Crippen LogP contribution in [0.1, 0.15) is 17.3 Å². The number of aromatic nitrogens is 1. The number of carbonyl (C=O) groups excluding carboxylic acids is 2. The number of carbonyl (C=O) groups is 2. The number of ether oxygens (including phenoxy) is 1. The number of hydrogen-bond donors (Lipinski definition) is 0. The van der Waals surface area contributed by atoms with Crippen molar-refractivity contribution in [3.05, 3.63) is 66.2 Å². The summed E-state index contributed by atoms with van der Waals surface area (Å²) < 4.78 is 5.06. The third kappa shape index (κ3) is 3.92. The van der Waals surface area contributed by atoms with Gasteiger partial charge in [0, 0.05) is 37.1 Å². The number of para-hydroxylation sites is 1. The molecule has 0 N–H and O–H groups in total. The molecule has 1 aliphatic rings. The lowest BCUT2D eigenvalue weighted by molar-refractivity contribution is 0.0572. The normalized spacial score (nSPS) is 14.1. The summed E-state index contributed by atoms with van der Waals surface area (Å²) >= 11 is 0. The van der Waals surface area contributed by atoms with E-state index in [9.17, 15) is 9.59 Å². The maximum atomic E-state index is 13.4. The van der Waals surface area contributed by atoms with Gasteiger partial charge in [0.2, 0.25) is 0 Å². The molecule has 0 aliphatic carbocycles. The van der Waals surface area contributed by atoms with Crippen molar-refractivity contribution in [1.82, 2.24) is 14.8 Å². The first-order valence-corrected chi connectivity index (χ1v) is 9.83. The number of rotatable bonds is 3. The van der Waals surface area contributed by atoms with Crippen LogP contribution >= 0.6 is 0 Å². The van der Waals surface area contributed by atoms with Crippen LogP contribution < -0.4 is 0 Å². The van der Waals surface area contributed by atoms with Gasteiger partial charge in [-0.15, -0.1) is 0 Å². The Bertz CT molecular complexity index is 1030. The van der Waals surface area contributed by atoms with E-state index in [-0.39, 0.29) is 12.0 Å². The maximum absolute atomic E-state index is 13.4. The number of amides is 2. The standard InChI is InChI=1S/C23H23N3O3/c1-2-29-23(28)26-14-12-25(13-15-26)22(27)19-16-21(17-8-4-3-5-9-17)24-20-11-7-6-10-18(19)20/h3-11,16H,2,12-15H2,1H3. The van der Waals surface area contributed by atoms with Gasteiger partial charge in [0.15, 0.2) is 0 Å². The quantitative estimate of drug-likeness (QED) is 0.683. The molecule has 3 aromatic rings. The highest BCUT2D eigenvalue weighted by molar-refractivity contribution is 6.07. The first-order valence-electron chi connectivity index (χ1n) is 9.83. The first kappa shape index (κ1) is 18.9. The Morgan fingerprint density at radius 3 is 2.31 bits per heavy atom. The van der Waals surface area contributed by atoms with Crippen molar-refractivity contribution >= 4 is 22.9 Å². The monoisotopic (exact) mass is 389 g/mol. The summed E-state index contributed by atoms with van der Waals surface area (Å²) in [5, 5.41) is 0.838. The maximum Gasteiger partial charge on any atom is 0.409 e. The molecule has 1 aliphatic heterocycles. The molecule has 2 aromatic carbocycles. The predicted octanol–water partition coefficient (Wildman–Crippen LogP) is 3.82. The molecule has 1 aromatic heterocycles. The Hall–Kier alpha value is -3.41. The van der Waals surface area contributed by atoms with Crippen molar-refractivity contribution in [3.63, 3.8) is 0 Å². The van der Waals surface area contributed by atoms with Gasteiger partial charge in [0.05, 0.1) is 23.4 Å². The van der Waals surface area contributed by atoms with Crippen LogP contribution in [0.25, 0.3) is 22.2 Å². The van der Waals surface area contributed by atoms with Gasteiger partial charge in [0.25, 0.3) is 5.91 Å². The summed E-state index contributed by atoms with van der Waals surface area (Å²) in [7, 11) is 0. The van der Waals surface area contributed by atoms with E-state index < -0.39 is 0 Å². The van der Waals surface area contributed by atoms with Crippen LogP contribution in [0.3, 0.4) is 0 Å². The Kier molecular flexibility index (Phi) is 5.42. The van der Waals surface area contributed by atoms with Crippen LogP contribution in [0.4, 0.5) is 4.79 Å². The van der Waals surface area contributed by atoms with E-state index in [1.807, 2.05) is 60.7 Å². The van der Waals surface area contributed by atoms with E-state index in [1.54, 1.807) is 16.7 Å². The molecule has 1 fully saturated rings. The molecule has 6 heteroatoms. The SMILES string of the molecule is CCOC(=O)N1CCN(C(=O)c2cc(-c3ccccc3)nc3ccccc23)CC1. The average molecular weight is 389 g/mol. The van der Waals surface area contributed by atoms with Gasteiger partial charge in [-0.05, 0) is 19.1 Å². The topological polar surface area (TPSA) is 62.7 Å². The molecule has 148 valence electrons. The zero-order valence-electron chi connectivity index (χ0n) is 16.4. The lowest BCUT2D eigenvalue weighted by atomic mass is 10.0. The Morgan fingerprint density at radius 1 is 0.931 bits per heavy atom. The van der Waals surface area contributed by atoms with Crippen molar-refractivity contribution < 1.29 is 14.3 Å². The number of fused-ring (bicyclic) bond motifs is 1. The number of piperazine rings is 1. The van der Waals surface area contributed by atoms with E-state index in [4.69, 9.17) is 9.72 Å². The second-order valence-electron chi connectivity index (χ2n) is 6.92. The molecule has 0 saturated carbocycles. The molecule has 2 heterocycles. The molecule has 0 atom stereocenters. The van der Waals surface area contributed by atoms with E-state index in [0.29, 0.717) is 38.3 Å². The fourth-order valence-electron chi connectivity index (χ4n) is 3.59. The van der Waals surface area contributed by atoms with E-state index in [1.165, 1.54) is 0 Å². The molecule has 29 heavy (non-hydrogen) atoms. The zero-order chi connectivity index (χ0) is 20.2. The van der Waals surface area contributed by atoms with Gasteiger partial charge >= 0.3 is 6.09 Å². The molecule has 4 rings (SSSR count). The van der Waals surface area contributed by atoms with Gasteiger partial charge < -0.3 is 14.5 Å². The molecule has 0 bridgehead atoms. The first-order chi connectivity index (χ1) is 14.2. The van der Waals surface area contributed by atoms with Crippen molar-refractivity contribution in [3.8, 4) is 11.3 Å². The minimum atomic E-state index is -0.319. The Labute approximate surface area is 169 Å². The lowest BCUT2D eigenvalue weighted by Gasteiger charge is -2.34. The fraction of sp³-hybridized carbons (Fsp3) is 0.261. The summed E-state index contributed by atoms with van der Waals surface area (Å²) in [5.74, 6) is -0.0377. The predicted molar refractivity (Wildman–Crippen MR) is 112 cm³/mol. The summed E-state index contributed by atoms with van der Waals surface area (Å²) in [4.78, 5) is 33.5. The molecular formula is C23H23N3O3. The third-order valence-corrected chi connectivity index (χ3v) is 5.11. The van der Waals surface area contributed by atoms with Crippen LogP contribution in [-0.2, 0) is 4.74 Å². The van der Waals surface area contributed by atoms with Gasteiger partial charge in [-0.1, -0.05) is 48.5 Å². The smallest absolute Gasteiger partial charge is 0.409 e. The number of pyridine rings is 1. The van der Waals surface area contributed by atoms with E-state index in [2.05, 4.69) is 0 Å². The Balaban J connectivity index is 1.63. The van der Waals surface area contributed by atoms with Crippen molar-refractivity contribution in [1.29, 1.82) is 0 Å². The molecule has 6 nitrogen and oxygen atoms in total. The number of benzene rings is 2. The third-order valence-electron chi connectivity index (χ3n) is 5.11. The molecule has 0 spiro atoms. The van der Waals surface area contributed by atoms with Crippen molar-refractivity contribution in [2.24, 2.45) is 0 Å². The fourth-order valence-corrected chi connectivity index (χ4v) is 3.59. The summed E-state index contributed by atoms with van der Waals surface area (Å²) in [6.07, 6.45) is -0.319. The summed E-state index contributed by atoms with van der Waals surface area (Å²) in [6, 6.07) is 19.4. The summed E-state index contributed by atoms with van der Waals surface area (Å²) in [6.45, 7) is 4.04. The van der Waals surface area contributed by atoms with Crippen LogP contribution in [0.2, 0.25) is 0 Å². The highest BCUT2D eigenvalue weighted by Crippen LogP contribution is 2.26. The zero-order valence-corrected chi connectivity index (χ0v) is 16.4. The van der Waals surface area contributed by atoms with Crippen LogP contribution in [0, 0.1) is 0 Å². The van der Waals surface area contributed by atoms with Gasteiger partial charge in [-0.2, -0.15) is 0 Å². The van der Waals surface area contributed by atoms with Crippen molar-refractivity contribution in [2.75, 3.05) is 32.8 Å². The van der Waals surface area contributed by atoms with Crippen LogP contribution in [0.5, 0.6) is 0 Å². The molecule has 2 amide bonds. The largest absolute Gasteiger partial charge is 0.450 e. The number of hydrogen-bond acceptors (Lipinski definition) is 4. The molecular weight excluding hydrogens is 366 g/mol. The lowest BCUT2D eigenvalue weighted by Crippen LogP contribution is -2.50. The minimum Gasteiger partial charge on any atom is -0.450 e. The highest BCUT2D eigenvalue weighted by Gasteiger charge is 2.26. The number of nitrogens with zero attached hydrogens (tertiary/aromatic N) is 3. The Morgan fingerprint density at radius 2 is 1.59 bits per heavy atom. The van der Waals surface area contributed by atoms with E-state index in [0.717, 1.165) is 22.2 Å². The van der Waals surface area contributed by atoms with Gasteiger partial charge in [-0.3, -0.25) is 4.79 Å². The molecule has 0 unspecified atom stereocenters. The molecule has 1 saturated heterocycles. The molecule has 0 radical (unpaired) electrons. The van der Waals surface area contributed by atoms with Crippen LogP contribution in [0.15, 0.2) is 60.7 Å². The minimum absolute atomic E-state index is 0.0377. The van der Waals surface area contributed by atoms with Gasteiger partial charge in [-0.25, -0.2) is 9.78 Å². The van der Waals surface area contributed by atoms with Gasteiger partial charge in [0.1, 0.15) is 0 Å². The summed E-state index contributed by atoms with van der Waals surface area (Å²) in [5.41, 5.74) is 3.18.